The van der Waals surface area contributed by atoms with Crippen LogP contribution in [0.25, 0.3) is 0 Å². The topological polar surface area (TPSA) is 32.7 Å². The normalized spacial score (nSPS) is 22.0. The van der Waals surface area contributed by atoms with Crippen LogP contribution in [0.15, 0.2) is 24.3 Å². The molecule has 3 nitrogen and oxygen atoms in total. The second-order valence-corrected chi connectivity index (χ2v) is 2.25. The van der Waals surface area contributed by atoms with E-state index in [2.05, 4.69) is 4.84 Å². The first-order valence-electron chi connectivity index (χ1n) is 3.18. The SMILES string of the molecule is ON1OC(F)c2ccccc21. The maximum absolute atomic E-state index is 12.7. The van der Waals surface area contributed by atoms with Crippen LogP contribution >= 0.6 is 0 Å². The van der Waals surface area contributed by atoms with Gasteiger partial charge in [-0.05, 0) is 6.07 Å². The van der Waals surface area contributed by atoms with E-state index in [0.717, 1.165) is 0 Å². The van der Waals surface area contributed by atoms with Crippen molar-refractivity contribution in [2.75, 3.05) is 5.23 Å². The van der Waals surface area contributed by atoms with Crippen LogP contribution in [0.3, 0.4) is 0 Å². The summed E-state index contributed by atoms with van der Waals surface area (Å²) in [5, 5.41) is 9.37. The van der Waals surface area contributed by atoms with Crippen molar-refractivity contribution >= 4 is 5.69 Å². The molecular weight excluding hydrogens is 149 g/mol. The number of benzene rings is 1. The van der Waals surface area contributed by atoms with E-state index in [4.69, 9.17) is 5.21 Å². The average Bonchev–Trinajstić information content (AvgIpc) is 2.30. The number of nitrogens with zero attached hydrogens (tertiary/aromatic N) is 1. The molecule has 11 heavy (non-hydrogen) atoms. The van der Waals surface area contributed by atoms with Gasteiger partial charge >= 0.3 is 0 Å². The molecule has 0 amide bonds. The Kier molecular flexibility index (Phi) is 1.30. The lowest BCUT2D eigenvalue weighted by atomic mass is 10.2. The van der Waals surface area contributed by atoms with Crippen LogP contribution in [0.1, 0.15) is 11.9 Å². The van der Waals surface area contributed by atoms with Crippen LogP contribution in [-0.2, 0) is 4.84 Å². The number of para-hydroxylation sites is 1. The molecule has 1 aliphatic rings. The van der Waals surface area contributed by atoms with Gasteiger partial charge < -0.3 is 0 Å². The van der Waals surface area contributed by atoms with E-state index >= 15 is 0 Å². The molecule has 0 aliphatic carbocycles. The third kappa shape index (κ3) is 0.875. The zero-order chi connectivity index (χ0) is 7.84. The van der Waals surface area contributed by atoms with E-state index in [0.29, 0.717) is 16.5 Å². The van der Waals surface area contributed by atoms with Crippen molar-refractivity contribution in [2.24, 2.45) is 0 Å². The molecule has 2 rings (SSSR count). The Labute approximate surface area is 62.5 Å². The fourth-order valence-electron chi connectivity index (χ4n) is 1.05. The van der Waals surface area contributed by atoms with Crippen molar-refractivity contribution in [1.82, 2.24) is 0 Å². The summed E-state index contributed by atoms with van der Waals surface area (Å²) in [4.78, 5) is 4.35. The van der Waals surface area contributed by atoms with Crippen molar-refractivity contribution in [3.63, 3.8) is 0 Å². The molecule has 1 aliphatic heterocycles. The van der Waals surface area contributed by atoms with E-state index in [1.807, 2.05) is 0 Å². The standard InChI is InChI=1S/C7H6FNO2/c8-7-5-3-1-2-4-6(5)9(10)11-7/h1-4,7,10H. The van der Waals surface area contributed by atoms with E-state index in [-0.39, 0.29) is 0 Å². The first-order chi connectivity index (χ1) is 5.29. The fraction of sp³-hybridized carbons (Fsp3) is 0.143. The summed E-state index contributed by atoms with van der Waals surface area (Å²) in [6.07, 6.45) is -1.55. The lowest BCUT2D eigenvalue weighted by Crippen LogP contribution is -2.11. The highest BCUT2D eigenvalue weighted by atomic mass is 19.1. The predicted molar refractivity (Wildman–Crippen MR) is 35.6 cm³/mol. The number of hydrogen-bond donors (Lipinski definition) is 1. The molecule has 1 aromatic rings. The molecule has 1 unspecified atom stereocenters. The molecule has 0 saturated heterocycles. The van der Waals surface area contributed by atoms with Gasteiger partial charge in [0.2, 0.25) is 0 Å². The minimum Gasteiger partial charge on any atom is -0.264 e. The number of rotatable bonds is 0. The van der Waals surface area contributed by atoms with Gasteiger partial charge in [0.1, 0.15) is 5.69 Å². The van der Waals surface area contributed by atoms with Gasteiger partial charge in [-0.2, -0.15) is 0 Å². The minimum absolute atomic E-state index is 0.356. The molecule has 0 bridgehead atoms. The lowest BCUT2D eigenvalue weighted by molar-refractivity contribution is -0.118. The van der Waals surface area contributed by atoms with Gasteiger partial charge in [-0.15, -0.1) is 5.23 Å². The van der Waals surface area contributed by atoms with Crippen molar-refractivity contribution in [2.45, 2.75) is 6.36 Å². The fourth-order valence-corrected chi connectivity index (χ4v) is 1.05. The largest absolute Gasteiger partial charge is 0.264 e. The Morgan fingerprint density at radius 1 is 1.45 bits per heavy atom. The molecule has 1 N–H and O–H groups in total. The number of halogens is 1. The molecule has 0 spiro atoms. The molecule has 0 aromatic heterocycles. The summed E-state index contributed by atoms with van der Waals surface area (Å²) in [7, 11) is 0. The van der Waals surface area contributed by atoms with Crippen LogP contribution in [0.5, 0.6) is 0 Å². The van der Waals surface area contributed by atoms with Crippen molar-refractivity contribution in [3.05, 3.63) is 29.8 Å². The second kappa shape index (κ2) is 2.18. The van der Waals surface area contributed by atoms with Crippen LogP contribution in [0, 0.1) is 0 Å². The number of anilines is 1. The molecule has 0 saturated carbocycles. The second-order valence-electron chi connectivity index (χ2n) is 2.25. The summed E-state index contributed by atoms with van der Waals surface area (Å²) < 4.78 is 12.7. The maximum atomic E-state index is 12.7. The summed E-state index contributed by atoms with van der Waals surface area (Å²) >= 11 is 0. The molecule has 1 atom stereocenters. The molecular formula is C7H6FNO2. The monoisotopic (exact) mass is 155 g/mol. The maximum Gasteiger partial charge on any atom is 0.254 e. The first-order valence-corrected chi connectivity index (χ1v) is 3.18. The molecule has 1 heterocycles. The van der Waals surface area contributed by atoms with Gasteiger partial charge in [0, 0.05) is 5.56 Å². The van der Waals surface area contributed by atoms with Crippen LogP contribution in [0.2, 0.25) is 0 Å². The third-order valence-electron chi connectivity index (χ3n) is 1.58. The number of fused-ring (bicyclic) bond motifs is 1. The summed E-state index contributed by atoms with van der Waals surface area (Å²) in [6.45, 7) is 0. The zero-order valence-electron chi connectivity index (χ0n) is 5.57. The molecule has 1 aromatic carbocycles. The van der Waals surface area contributed by atoms with Gasteiger partial charge in [0.05, 0.1) is 0 Å². The highest BCUT2D eigenvalue weighted by Crippen LogP contribution is 2.36. The minimum atomic E-state index is -1.55. The smallest absolute Gasteiger partial charge is 0.254 e. The Morgan fingerprint density at radius 3 is 2.91 bits per heavy atom. The molecule has 0 fully saturated rings. The predicted octanol–water partition coefficient (Wildman–Crippen LogP) is 1.80. The van der Waals surface area contributed by atoms with E-state index in [1.165, 1.54) is 0 Å². The van der Waals surface area contributed by atoms with Crippen LogP contribution in [0.4, 0.5) is 10.1 Å². The quantitative estimate of drug-likeness (QED) is 0.620. The van der Waals surface area contributed by atoms with Crippen LogP contribution < -0.4 is 5.23 Å². The molecule has 0 radical (unpaired) electrons. The van der Waals surface area contributed by atoms with Gasteiger partial charge in [0.25, 0.3) is 6.36 Å². The highest BCUT2D eigenvalue weighted by molar-refractivity contribution is 5.52. The van der Waals surface area contributed by atoms with Crippen molar-refractivity contribution in [3.8, 4) is 0 Å². The lowest BCUT2D eigenvalue weighted by Gasteiger charge is -2.05. The Morgan fingerprint density at radius 2 is 2.18 bits per heavy atom. The number of hydrogen-bond acceptors (Lipinski definition) is 3. The third-order valence-corrected chi connectivity index (χ3v) is 1.58. The Balaban J connectivity index is 2.52. The first kappa shape index (κ1) is 6.57. The Bertz CT molecular complexity index is 252. The summed E-state index contributed by atoms with van der Waals surface area (Å²) in [5.41, 5.74) is 0.718. The zero-order valence-corrected chi connectivity index (χ0v) is 5.57. The molecule has 4 heteroatoms. The van der Waals surface area contributed by atoms with Gasteiger partial charge in [-0.25, -0.2) is 9.23 Å². The van der Waals surface area contributed by atoms with Gasteiger partial charge in [-0.1, -0.05) is 18.2 Å². The highest BCUT2D eigenvalue weighted by Gasteiger charge is 2.28. The average molecular weight is 155 g/mol. The number of alkyl halides is 1. The van der Waals surface area contributed by atoms with Crippen LogP contribution in [-0.4, -0.2) is 5.21 Å². The van der Waals surface area contributed by atoms with Crippen molar-refractivity contribution < 1.29 is 14.4 Å². The summed E-state index contributed by atoms with van der Waals surface area (Å²) in [5.74, 6) is 0. The molecule has 58 valence electrons. The van der Waals surface area contributed by atoms with Gasteiger partial charge in [-0.3, -0.25) is 5.21 Å². The van der Waals surface area contributed by atoms with E-state index in [9.17, 15) is 4.39 Å². The summed E-state index contributed by atoms with van der Waals surface area (Å²) in [6, 6.07) is 6.53. The van der Waals surface area contributed by atoms with Gasteiger partial charge in [0.15, 0.2) is 0 Å². The van der Waals surface area contributed by atoms with Crippen molar-refractivity contribution in [1.29, 1.82) is 0 Å². The Hall–Kier alpha value is -1.13. The van der Waals surface area contributed by atoms with E-state index < -0.39 is 6.36 Å². The van der Waals surface area contributed by atoms with E-state index in [1.54, 1.807) is 24.3 Å².